The van der Waals surface area contributed by atoms with E-state index >= 15 is 0 Å². The lowest BCUT2D eigenvalue weighted by Crippen LogP contribution is -2.41. The molecule has 1 heterocycles. The van der Waals surface area contributed by atoms with E-state index in [4.69, 9.17) is 4.42 Å². The number of halogens is 4. The maximum absolute atomic E-state index is 13.7. The second-order valence-electron chi connectivity index (χ2n) is 6.83. The highest BCUT2D eigenvalue weighted by atomic mass is 127. The van der Waals surface area contributed by atoms with E-state index in [0.717, 1.165) is 23.3 Å². The smallest absolute Gasteiger partial charge is 0.243 e. The van der Waals surface area contributed by atoms with Crippen LogP contribution >= 0.6 is 24.0 Å². The van der Waals surface area contributed by atoms with Gasteiger partial charge in [0.25, 0.3) is 0 Å². The average Bonchev–Trinajstić information content (AvgIpc) is 3.25. The van der Waals surface area contributed by atoms with Crippen molar-refractivity contribution in [2.45, 2.75) is 20.4 Å². The molecule has 0 fully saturated rings. The lowest BCUT2D eigenvalue weighted by Gasteiger charge is -2.11. The van der Waals surface area contributed by atoms with Crippen LogP contribution in [0.1, 0.15) is 18.2 Å². The minimum Gasteiger partial charge on any atom is -0.444 e. The van der Waals surface area contributed by atoms with E-state index in [1.165, 1.54) is 6.26 Å². The van der Waals surface area contributed by atoms with Crippen molar-refractivity contribution in [3.05, 3.63) is 71.4 Å². The molecule has 0 atom stereocenters. The van der Waals surface area contributed by atoms with Gasteiger partial charge in [0.15, 0.2) is 23.4 Å². The molecule has 0 spiro atoms. The van der Waals surface area contributed by atoms with Crippen molar-refractivity contribution in [1.82, 2.24) is 15.6 Å². The molecule has 7 nitrogen and oxygen atoms in total. The predicted octanol–water partition coefficient (Wildman–Crippen LogP) is 4.38. The first-order valence-corrected chi connectivity index (χ1v) is 9.84. The summed E-state index contributed by atoms with van der Waals surface area (Å²) in [6.45, 7) is 4.27. The number of hydrogen-bond acceptors (Lipinski definition) is 4. The Morgan fingerprint density at radius 1 is 1.06 bits per heavy atom. The number of amides is 1. The van der Waals surface area contributed by atoms with Crippen LogP contribution in [0.4, 0.5) is 18.9 Å². The number of oxazole rings is 1. The van der Waals surface area contributed by atoms with Crippen molar-refractivity contribution in [3.8, 4) is 11.5 Å². The van der Waals surface area contributed by atoms with Crippen molar-refractivity contribution < 1.29 is 22.4 Å². The average molecular weight is 573 g/mol. The largest absolute Gasteiger partial charge is 0.444 e. The lowest BCUT2D eigenvalue weighted by molar-refractivity contribution is -0.115. The molecule has 0 aliphatic heterocycles. The molecule has 33 heavy (non-hydrogen) atoms. The second kappa shape index (κ2) is 12.2. The number of benzene rings is 2. The first-order valence-electron chi connectivity index (χ1n) is 9.84. The SMILES string of the molecule is CCNC(=NCc1coc(-c2ccc(C)cc2)n1)NCC(=O)Nc1ccc(F)c(F)c1F.I. The van der Waals surface area contributed by atoms with Crippen LogP contribution in [0.3, 0.4) is 0 Å². The highest BCUT2D eigenvalue weighted by molar-refractivity contribution is 14.0. The molecule has 0 bridgehead atoms. The molecule has 11 heteroatoms. The molecule has 3 aromatic rings. The van der Waals surface area contributed by atoms with Gasteiger partial charge in [-0.2, -0.15) is 0 Å². The zero-order valence-corrected chi connectivity index (χ0v) is 20.2. The Labute approximate surface area is 205 Å². The first kappa shape index (κ1) is 26.2. The fourth-order valence-electron chi connectivity index (χ4n) is 2.69. The Hall–Kier alpha value is -3.09. The van der Waals surface area contributed by atoms with Gasteiger partial charge in [-0.05, 0) is 38.1 Å². The third-order valence-electron chi connectivity index (χ3n) is 4.32. The number of carbonyl (C=O) groups is 1. The summed E-state index contributed by atoms with van der Waals surface area (Å²) >= 11 is 0. The predicted molar refractivity (Wildman–Crippen MR) is 130 cm³/mol. The number of anilines is 1. The molecule has 0 aliphatic carbocycles. The first-order chi connectivity index (χ1) is 15.4. The van der Waals surface area contributed by atoms with Crippen molar-refractivity contribution in [1.29, 1.82) is 0 Å². The Morgan fingerprint density at radius 2 is 1.79 bits per heavy atom. The number of carbonyl (C=O) groups excluding carboxylic acids is 1. The van der Waals surface area contributed by atoms with E-state index in [0.29, 0.717) is 24.1 Å². The molecule has 0 saturated heterocycles. The molecule has 0 radical (unpaired) electrons. The molecular formula is C22H23F3IN5O2. The van der Waals surface area contributed by atoms with E-state index in [2.05, 4.69) is 25.9 Å². The van der Waals surface area contributed by atoms with Gasteiger partial charge < -0.3 is 20.4 Å². The molecule has 3 rings (SSSR count). The van der Waals surface area contributed by atoms with E-state index in [-0.39, 0.29) is 37.1 Å². The van der Waals surface area contributed by atoms with Gasteiger partial charge in [0.2, 0.25) is 11.8 Å². The van der Waals surface area contributed by atoms with Gasteiger partial charge in [0.1, 0.15) is 12.0 Å². The molecular weight excluding hydrogens is 550 g/mol. The molecule has 176 valence electrons. The van der Waals surface area contributed by atoms with Crippen molar-refractivity contribution >= 4 is 41.5 Å². The van der Waals surface area contributed by atoms with E-state index in [1.54, 1.807) is 0 Å². The van der Waals surface area contributed by atoms with Gasteiger partial charge in [-0.3, -0.25) is 4.79 Å². The van der Waals surface area contributed by atoms with Gasteiger partial charge in [-0.1, -0.05) is 17.7 Å². The van der Waals surface area contributed by atoms with Gasteiger partial charge in [0, 0.05) is 12.1 Å². The zero-order valence-electron chi connectivity index (χ0n) is 17.9. The summed E-state index contributed by atoms with van der Waals surface area (Å²) in [5, 5.41) is 7.92. The third-order valence-corrected chi connectivity index (χ3v) is 4.32. The van der Waals surface area contributed by atoms with Crippen molar-refractivity contribution in [3.63, 3.8) is 0 Å². The number of nitrogens with zero attached hydrogens (tertiary/aromatic N) is 2. The minimum absolute atomic E-state index is 0. The molecule has 1 amide bonds. The van der Waals surface area contributed by atoms with E-state index in [1.807, 2.05) is 38.1 Å². The van der Waals surface area contributed by atoms with Gasteiger partial charge in [-0.25, -0.2) is 23.1 Å². The van der Waals surface area contributed by atoms with Crippen LogP contribution in [0.5, 0.6) is 0 Å². The maximum Gasteiger partial charge on any atom is 0.243 e. The molecule has 1 aromatic heterocycles. The normalized spacial score (nSPS) is 11.0. The molecule has 3 N–H and O–H groups in total. The number of hydrogen-bond donors (Lipinski definition) is 3. The topological polar surface area (TPSA) is 91.6 Å². The summed E-state index contributed by atoms with van der Waals surface area (Å²) in [6.07, 6.45) is 1.50. The van der Waals surface area contributed by atoms with Crippen LogP contribution in [-0.2, 0) is 11.3 Å². The molecule has 0 saturated carbocycles. The van der Waals surface area contributed by atoms with Crippen LogP contribution in [0.25, 0.3) is 11.5 Å². The highest BCUT2D eigenvalue weighted by Crippen LogP contribution is 2.20. The fourth-order valence-corrected chi connectivity index (χ4v) is 2.69. The summed E-state index contributed by atoms with van der Waals surface area (Å²) in [7, 11) is 0. The van der Waals surface area contributed by atoms with Gasteiger partial charge in [0.05, 0.1) is 18.8 Å². The molecule has 2 aromatic carbocycles. The number of aromatic nitrogens is 1. The maximum atomic E-state index is 13.7. The Morgan fingerprint density at radius 3 is 2.48 bits per heavy atom. The van der Waals surface area contributed by atoms with Crippen LogP contribution in [-0.4, -0.2) is 29.9 Å². The zero-order chi connectivity index (χ0) is 23.1. The number of nitrogens with one attached hydrogen (secondary N) is 3. The number of aryl methyl sites for hydroxylation is 1. The summed E-state index contributed by atoms with van der Waals surface area (Å²) in [5.74, 6) is -4.32. The summed E-state index contributed by atoms with van der Waals surface area (Å²) in [5.41, 5.74) is 2.11. The summed E-state index contributed by atoms with van der Waals surface area (Å²) in [6, 6.07) is 9.42. The monoisotopic (exact) mass is 573 g/mol. The summed E-state index contributed by atoms with van der Waals surface area (Å²) in [4.78, 5) is 20.8. The fraction of sp³-hybridized carbons (Fsp3) is 0.227. The lowest BCUT2D eigenvalue weighted by atomic mass is 10.1. The molecule has 0 aliphatic rings. The second-order valence-corrected chi connectivity index (χ2v) is 6.83. The minimum atomic E-state index is -1.65. The van der Waals surface area contributed by atoms with Crippen LogP contribution < -0.4 is 16.0 Å². The Kier molecular flexibility index (Phi) is 9.70. The van der Waals surface area contributed by atoms with Crippen molar-refractivity contribution in [2.24, 2.45) is 4.99 Å². The highest BCUT2D eigenvalue weighted by Gasteiger charge is 2.15. The third kappa shape index (κ3) is 7.20. The Balaban J connectivity index is 0.00000385. The van der Waals surface area contributed by atoms with Crippen molar-refractivity contribution in [2.75, 3.05) is 18.4 Å². The number of aliphatic imine (C=N–C) groups is 1. The summed E-state index contributed by atoms with van der Waals surface area (Å²) < 4.78 is 45.5. The van der Waals surface area contributed by atoms with E-state index in [9.17, 15) is 18.0 Å². The van der Waals surface area contributed by atoms with Crippen LogP contribution in [0.2, 0.25) is 0 Å². The Bertz CT molecular complexity index is 1120. The van der Waals surface area contributed by atoms with E-state index < -0.39 is 29.0 Å². The van der Waals surface area contributed by atoms with Crippen LogP contribution in [0, 0.1) is 24.4 Å². The standard InChI is InChI=1S/C22H22F3N5O2.HI/c1-3-26-22(28-11-18(31)30-17-9-8-16(23)19(24)20(17)25)27-10-15-12-32-21(29-15)14-6-4-13(2)5-7-14;/h4-9,12H,3,10-11H2,1-2H3,(H,30,31)(H2,26,27,28);1H. The van der Waals surface area contributed by atoms with Gasteiger partial charge >= 0.3 is 0 Å². The molecule has 0 unspecified atom stereocenters. The number of rotatable bonds is 7. The quantitative estimate of drug-likeness (QED) is 0.169. The van der Waals surface area contributed by atoms with Crippen LogP contribution in [0.15, 0.2) is 52.1 Å². The number of guanidine groups is 1. The van der Waals surface area contributed by atoms with Gasteiger partial charge in [-0.15, -0.1) is 24.0 Å².